The van der Waals surface area contributed by atoms with Crippen LogP contribution in [0.5, 0.6) is 0 Å². The average Bonchev–Trinajstić information content (AvgIpc) is 2.88. The van der Waals surface area contributed by atoms with Gasteiger partial charge in [-0.05, 0) is 24.1 Å². The van der Waals surface area contributed by atoms with E-state index in [2.05, 4.69) is 36.2 Å². The highest BCUT2D eigenvalue weighted by Crippen LogP contribution is 2.17. The molecule has 1 unspecified atom stereocenters. The molecule has 1 aromatic heterocycles. The number of aromatic nitrogens is 2. The van der Waals surface area contributed by atoms with Crippen LogP contribution < -0.4 is 5.73 Å². The van der Waals surface area contributed by atoms with Gasteiger partial charge in [0, 0.05) is 5.69 Å². The summed E-state index contributed by atoms with van der Waals surface area (Å²) in [5.74, 6) is 0. The lowest BCUT2D eigenvalue weighted by Gasteiger charge is -2.12. The third-order valence-electron chi connectivity index (χ3n) is 3.00. The normalized spacial score (nSPS) is 12.6. The van der Waals surface area contributed by atoms with Crippen molar-refractivity contribution in [2.45, 2.75) is 25.8 Å². The van der Waals surface area contributed by atoms with E-state index in [9.17, 15) is 0 Å². The quantitative estimate of drug-likeness (QED) is 0.844. The predicted molar refractivity (Wildman–Crippen MR) is 71.6 cm³/mol. The molecule has 0 fully saturated rings. The van der Waals surface area contributed by atoms with Crippen LogP contribution in [0.15, 0.2) is 36.8 Å². The molecule has 0 spiro atoms. The fourth-order valence-electron chi connectivity index (χ4n) is 2.00. The third kappa shape index (κ3) is 2.60. The SMILES string of the molecule is CCCc1ccc(-n2cncc2C(N)CO)cc1. The van der Waals surface area contributed by atoms with Gasteiger partial charge in [-0.2, -0.15) is 0 Å². The van der Waals surface area contributed by atoms with E-state index in [1.807, 2.05) is 4.57 Å². The van der Waals surface area contributed by atoms with Crippen molar-refractivity contribution >= 4 is 0 Å². The number of rotatable bonds is 5. The molecule has 1 heterocycles. The Morgan fingerprint density at radius 1 is 1.33 bits per heavy atom. The lowest BCUT2D eigenvalue weighted by molar-refractivity contribution is 0.265. The van der Waals surface area contributed by atoms with Gasteiger partial charge in [-0.25, -0.2) is 4.98 Å². The molecule has 0 aliphatic heterocycles. The smallest absolute Gasteiger partial charge is 0.0994 e. The van der Waals surface area contributed by atoms with Crippen molar-refractivity contribution in [1.82, 2.24) is 9.55 Å². The lowest BCUT2D eigenvalue weighted by Crippen LogP contribution is -2.18. The van der Waals surface area contributed by atoms with Crippen molar-refractivity contribution in [3.8, 4) is 5.69 Å². The van der Waals surface area contributed by atoms with Crippen molar-refractivity contribution in [3.63, 3.8) is 0 Å². The molecule has 0 aliphatic rings. The highest BCUT2D eigenvalue weighted by atomic mass is 16.3. The first-order valence-corrected chi connectivity index (χ1v) is 6.24. The minimum Gasteiger partial charge on any atom is -0.394 e. The highest BCUT2D eigenvalue weighted by molar-refractivity contribution is 5.36. The molecule has 2 rings (SSSR count). The Morgan fingerprint density at radius 3 is 2.67 bits per heavy atom. The summed E-state index contributed by atoms with van der Waals surface area (Å²) in [6.45, 7) is 2.09. The van der Waals surface area contributed by atoms with Crippen LogP contribution in [0.2, 0.25) is 0 Å². The third-order valence-corrected chi connectivity index (χ3v) is 3.00. The molecule has 0 radical (unpaired) electrons. The number of nitrogens with two attached hydrogens (primary N) is 1. The zero-order valence-electron chi connectivity index (χ0n) is 10.6. The molecule has 0 saturated carbocycles. The number of benzene rings is 1. The van der Waals surface area contributed by atoms with Crippen LogP contribution in [0.25, 0.3) is 5.69 Å². The molecule has 3 N–H and O–H groups in total. The van der Waals surface area contributed by atoms with Crippen LogP contribution >= 0.6 is 0 Å². The van der Waals surface area contributed by atoms with Crippen molar-refractivity contribution < 1.29 is 5.11 Å². The van der Waals surface area contributed by atoms with Crippen LogP contribution in [-0.2, 0) is 6.42 Å². The van der Waals surface area contributed by atoms with E-state index in [-0.39, 0.29) is 6.61 Å². The average molecular weight is 245 g/mol. The number of aliphatic hydroxyl groups is 1. The van der Waals surface area contributed by atoms with Crippen LogP contribution in [0, 0.1) is 0 Å². The fraction of sp³-hybridized carbons (Fsp3) is 0.357. The molecular formula is C14H19N3O. The Morgan fingerprint density at radius 2 is 2.06 bits per heavy atom. The summed E-state index contributed by atoms with van der Waals surface area (Å²) < 4.78 is 1.91. The minimum absolute atomic E-state index is 0.0837. The largest absolute Gasteiger partial charge is 0.394 e. The number of aryl methyl sites for hydroxylation is 1. The maximum Gasteiger partial charge on any atom is 0.0994 e. The highest BCUT2D eigenvalue weighted by Gasteiger charge is 2.11. The van der Waals surface area contributed by atoms with Crippen LogP contribution in [0.1, 0.15) is 30.6 Å². The van der Waals surface area contributed by atoms with Gasteiger partial charge < -0.3 is 15.4 Å². The second-order valence-corrected chi connectivity index (χ2v) is 4.39. The molecule has 2 aromatic rings. The van der Waals surface area contributed by atoms with Gasteiger partial charge in [-0.1, -0.05) is 25.5 Å². The zero-order valence-corrected chi connectivity index (χ0v) is 10.6. The first-order valence-electron chi connectivity index (χ1n) is 6.24. The van der Waals surface area contributed by atoms with E-state index in [4.69, 9.17) is 10.8 Å². The summed E-state index contributed by atoms with van der Waals surface area (Å²) in [7, 11) is 0. The Kier molecular flexibility index (Phi) is 4.12. The van der Waals surface area contributed by atoms with Gasteiger partial charge >= 0.3 is 0 Å². The van der Waals surface area contributed by atoms with E-state index in [0.717, 1.165) is 24.2 Å². The Bertz CT molecular complexity index is 490. The van der Waals surface area contributed by atoms with Crippen LogP contribution in [0.3, 0.4) is 0 Å². The maximum absolute atomic E-state index is 9.13. The first kappa shape index (κ1) is 12.8. The molecule has 0 bridgehead atoms. The van der Waals surface area contributed by atoms with Crippen LogP contribution in [-0.4, -0.2) is 21.3 Å². The predicted octanol–water partition coefficient (Wildman–Crippen LogP) is 1.82. The van der Waals surface area contributed by atoms with E-state index in [0.29, 0.717) is 0 Å². The van der Waals surface area contributed by atoms with Gasteiger partial charge in [-0.3, -0.25) is 0 Å². The standard InChI is InChI=1S/C14H19N3O/c1-2-3-11-4-6-12(7-5-11)17-10-16-8-14(17)13(15)9-18/h4-8,10,13,18H,2-3,9,15H2,1H3. The molecule has 0 amide bonds. The van der Waals surface area contributed by atoms with E-state index in [1.54, 1.807) is 12.5 Å². The second kappa shape index (κ2) is 5.80. The summed E-state index contributed by atoms with van der Waals surface area (Å²) in [5, 5.41) is 9.13. The minimum atomic E-state index is -0.400. The molecule has 18 heavy (non-hydrogen) atoms. The molecule has 1 aromatic carbocycles. The monoisotopic (exact) mass is 245 g/mol. The number of hydrogen-bond acceptors (Lipinski definition) is 3. The molecule has 4 nitrogen and oxygen atoms in total. The van der Waals surface area contributed by atoms with E-state index < -0.39 is 6.04 Å². The van der Waals surface area contributed by atoms with E-state index in [1.165, 1.54) is 5.56 Å². The summed E-state index contributed by atoms with van der Waals surface area (Å²) in [6.07, 6.45) is 5.65. The van der Waals surface area contributed by atoms with Gasteiger partial charge in [0.2, 0.25) is 0 Å². The van der Waals surface area contributed by atoms with Gasteiger partial charge in [-0.15, -0.1) is 0 Å². The van der Waals surface area contributed by atoms with E-state index >= 15 is 0 Å². The van der Waals surface area contributed by atoms with Gasteiger partial charge in [0.05, 0.1) is 30.9 Å². The molecule has 96 valence electrons. The number of imidazole rings is 1. The zero-order chi connectivity index (χ0) is 13.0. The summed E-state index contributed by atoms with van der Waals surface area (Å²) >= 11 is 0. The molecule has 0 saturated heterocycles. The van der Waals surface area contributed by atoms with Crippen molar-refractivity contribution in [2.24, 2.45) is 5.73 Å². The summed E-state index contributed by atoms with van der Waals surface area (Å²) in [5.41, 5.74) is 9.01. The molecule has 4 heteroatoms. The molecule has 0 aliphatic carbocycles. The second-order valence-electron chi connectivity index (χ2n) is 4.39. The number of nitrogens with zero attached hydrogens (tertiary/aromatic N) is 2. The Hall–Kier alpha value is -1.65. The number of aliphatic hydroxyl groups excluding tert-OH is 1. The molecular weight excluding hydrogens is 226 g/mol. The Labute approximate surface area is 107 Å². The topological polar surface area (TPSA) is 64.1 Å². The lowest BCUT2D eigenvalue weighted by atomic mass is 10.1. The van der Waals surface area contributed by atoms with Gasteiger partial charge in [0.15, 0.2) is 0 Å². The number of hydrogen-bond donors (Lipinski definition) is 2. The fourth-order valence-corrected chi connectivity index (χ4v) is 2.00. The maximum atomic E-state index is 9.13. The molecule has 1 atom stereocenters. The van der Waals surface area contributed by atoms with Gasteiger partial charge in [0.1, 0.15) is 0 Å². The van der Waals surface area contributed by atoms with Crippen molar-refractivity contribution in [2.75, 3.05) is 6.61 Å². The summed E-state index contributed by atoms with van der Waals surface area (Å²) in [4.78, 5) is 4.10. The van der Waals surface area contributed by atoms with Crippen molar-refractivity contribution in [1.29, 1.82) is 0 Å². The van der Waals surface area contributed by atoms with Gasteiger partial charge in [0.25, 0.3) is 0 Å². The Balaban J connectivity index is 2.28. The summed E-state index contributed by atoms with van der Waals surface area (Å²) in [6, 6.07) is 7.95. The first-order chi connectivity index (χ1) is 8.76. The van der Waals surface area contributed by atoms with Crippen LogP contribution in [0.4, 0.5) is 0 Å². The van der Waals surface area contributed by atoms with Crippen molar-refractivity contribution in [3.05, 3.63) is 48.0 Å².